The molecule has 4 aromatic rings. The number of thiophene rings is 1. The number of carbonyl (C=O) groups is 1. The zero-order valence-electron chi connectivity index (χ0n) is 26.1. The average molecular weight is 648 g/mol. The van der Waals surface area contributed by atoms with Gasteiger partial charge in [0.25, 0.3) is 5.56 Å². The fourth-order valence-corrected chi connectivity index (χ4v) is 6.65. The molecule has 0 saturated carbocycles. The number of piperidine rings is 1. The summed E-state index contributed by atoms with van der Waals surface area (Å²) in [5.41, 5.74) is -1.21. The lowest BCUT2D eigenvalue weighted by Gasteiger charge is -2.35. The SMILES string of the molecule is CC(C)O.COc1ccc(F)cc1CCn1c(=O)n(C(C)(C)C(=O)N2CCCCC2)c(=O)c2c(C)c(-n3cccn3)sc21.S. The number of benzene rings is 1. The number of fused-ring (bicyclic) bond motifs is 1. The second-order valence-electron chi connectivity index (χ2n) is 11.4. The molecule has 1 fully saturated rings. The number of nitrogens with zero attached hydrogens (tertiary/aromatic N) is 5. The van der Waals surface area contributed by atoms with E-state index in [1.165, 1.54) is 35.1 Å². The molecule has 1 aliphatic heterocycles. The van der Waals surface area contributed by atoms with Gasteiger partial charge < -0.3 is 14.7 Å². The second-order valence-corrected chi connectivity index (χ2v) is 12.4. The molecule has 240 valence electrons. The van der Waals surface area contributed by atoms with E-state index < -0.39 is 22.6 Å². The highest BCUT2D eigenvalue weighted by molar-refractivity contribution is 7.59. The first-order valence-electron chi connectivity index (χ1n) is 14.5. The molecule has 3 aromatic heterocycles. The lowest BCUT2D eigenvalue weighted by atomic mass is 10.00. The molecule has 10 nitrogen and oxygen atoms in total. The van der Waals surface area contributed by atoms with E-state index >= 15 is 0 Å². The van der Waals surface area contributed by atoms with Crippen molar-refractivity contribution in [1.29, 1.82) is 0 Å². The molecule has 0 spiro atoms. The predicted molar refractivity (Wildman–Crippen MR) is 176 cm³/mol. The number of ether oxygens (including phenoxy) is 1. The molecule has 4 heterocycles. The van der Waals surface area contributed by atoms with Gasteiger partial charge in [0.2, 0.25) is 5.91 Å². The normalized spacial score (nSPS) is 13.4. The minimum absolute atomic E-state index is 0. The number of aryl methyl sites for hydroxylation is 3. The number of likely N-dealkylation sites (tertiary alicyclic amines) is 1. The number of halogens is 1. The zero-order valence-corrected chi connectivity index (χ0v) is 27.9. The van der Waals surface area contributed by atoms with Crippen LogP contribution in [0.1, 0.15) is 58.1 Å². The van der Waals surface area contributed by atoms with Crippen molar-refractivity contribution >= 4 is 41.0 Å². The summed E-state index contributed by atoms with van der Waals surface area (Å²) >= 11 is 1.29. The van der Waals surface area contributed by atoms with Crippen molar-refractivity contribution in [2.75, 3.05) is 20.2 Å². The third-order valence-electron chi connectivity index (χ3n) is 7.47. The molecular weight excluding hydrogens is 606 g/mol. The van der Waals surface area contributed by atoms with Gasteiger partial charge in [-0.2, -0.15) is 18.6 Å². The van der Waals surface area contributed by atoms with Crippen LogP contribution in [-0.4, -0.2) is 61.1 Å². The first-order chi connectivity index (χ1) is 20.4. The van der Waals surface area contributed by atoms with Crippen LogP contribution in [0.5, 0.6) is 5.75 Å². The second kappa shape index (κ2) is 14.6. The monoisotopic (exact) mass is 647 g/mol. The Morgan fingerprint density at radius 1 is 1.18 bits per heavy atom. The molecule has 44 heavy (non-hydrogen) atoms. The summed E-state index contributed by atoms with van der Waals surface area (Å²) in [4.78, 5) is 44.1. The Hall–Kier alpha value is -3.42. The Morgan fingerprint density at radius 2 is 1.84 bits per heavy atom. The summed E-state index contributed by atoms with van der Waals surface area (Å²) in [7, 11) is 1.51. The van der Waals surface area contributed by atoms with Crippen LogP contribution in [-0.2, 0) is 23.3 Å². The van der Waals surface area contributed by atoms with Crippen LogP contribution in [0.15, 0.2) is 46.2 Å². The Morgan fingerprint density at radius 3 is 2.43 bits per heavy atom. The van der Waals surface area contributed by atoms with Crippen LogP contribution in [0, 0.1) is 12.7 Å². The van der Waals surface area contributed by atoms with E-state index in [0.29, 0.717) is 45.2 Å². The highest BCUT2D eigenvalue weighted by Crippen LogP contribution is 2.32. The van der Waals surface area contributed by atoms with E-state index in [-0.39, 0.29) is 38.5 Å². The summed E-state index contributed by atoms with van der Waals surface area (Å²) in [6, 6.07) is 6.04. The molecule has 0 aliphatic carbocycles. The number of aliphatic hydroxyl groups is 1. The molecule has 0 bridgehead atoms. The standard InChI is InChI=1S/C28H32FN5O4S.C3H8O.H2S/c1-18-22-23(35)34(28(2,3)26(36)31-13-6-5-7-14-31)27(37)32(25(22)39-24(18)33-15-8-12-30-33)16-11-19-17-20(29)9-10-21(19)38-4;1-3(2)4;/h8-10,12,15,17H,5-7,11,13-14,16H2,1-4H3;3-4H,1-2H3;1H2. The van der Waals surface area contributed by atoms with Crippen LogP contribution in [0.2, 0.25) is 0 Å². The van der Waals surface area contributed by atoms with E-state index in [2.05, 4.69) is 5.10 Å². The first-order valence-corrected chi connectivity index (χ1v) is 15.3. The third kappa shape index (κ3) is 7.10. The third-order valence-corrected chi connectivity index (χ3v) is 8.78. The van der Waals surface area contributed by atoms with Crippen molar-refractivity contribution in [1.82, 2.24) is 23.8 Å². The largest absolute Gasteiger partial charge is 0.496 e. The fourth-order valence-electron chi connectivity index (χ4n) is 5.39. The van der Waals surface area contributed by atoms with Gasteiger partial charge in [0.1, 0.15) is 26.9 Å². The number of methoxy groups -OCH3 is 1. The van der Waals surface area contributed by atoms with Gasteiger partial charge in [-0.15, -0.1) is 0 Å². The van der Waals surface area contributed by atoms with Gasteiger partial charge in [-0.1, -0.05) is 11.3 Å². The number of aromatic nitrogens is 4. The van der Waals surface area contributed by atoms with Crippen LogP contribution in [0.3, 0.4) is 0 Å². The van der Waals surface area contributed by atoms with Crippen LogP contribution >= 0.6 is 24.8 Å². The van der Waals surface area contributed by atoms with Gasteiger partial charge in [0, 0.05) is 43.7 Å². The molecule has 1 aromatic carbocycles. The Kier molecular flexibility index (Phi) is 11.6. The minimum Gasteiger partial charge on any atom is -0.496 e. The molecule has 0 atom stereocenters. The molecule has 1 aliphatic rings. The maximum absolute atomic E-state index is 14.1. The van der Waals surface area contributed by atoms with Crippen LogP contribution < -0.4 is 16.0 Å². The highest BCUT2D eigenvalue weighted by Gasteiger charge is 2.38. The van der Waals surface area contributed by atoms with Gasteiger partial charge >= 0.3 is 5.69 Å². The number of rotatable bonds is 7. The minimum atomic E-state index is -1.40. The molecule has 1 saturated heterocycles. The van der Waals surface area contributed by atoms with Gasteiger partial charge in [0.05, 0.1) is 12.5 Å². The average Bonchev–Trinajstić information content (AvgIpc) is 3.61. The van der Waals surface area contributed by atoms with Crippen molar-refractivity contribution in [2.45, 2.75) is 78.5 Å². The Labute approximate surface area is 267 Å². The van der Waals surface area contributed by atoms with Crippen molar-refractivity contribution < 1.29 is 19.0 Å². The molecule has 0 unspecified atom stereocenters. The van der Waals surface area contributed by atoms with Crippen molar-refractivity contribution in [3.63, 3.8) is 0 Å². The molecule has 13 heteroatoms. The Bertz CT molecular complexity index is 1700. The van der Waals surface area contributed by atoms with E-state index in [1.54, 1.807) is 61.8 Å². The molecule has 0 radical (unpaired) electrons. The number of carbonyl (C=O) groups excluding carboxylic acids is 1. The number of hydrogen-bond donors (Lipinski definition) is 1. The first kappa shape index (κ1) is 35.1. The molecule has 1 amide bonds. The zero-order chi connectivity index (χ0) is 31.5. The fraction of sp³-hybridized carbons (Fsp3) is 0.484. The van der Waals surface area contributed by atoms with Crippen molar-refractivity contribution in [3.8, 4) is 10.8 Å². The maximum atomic E-state index is 14.1. The van der Waals surface area contributed by atoms with Crippen LogP contribution in [0.4, 0.5) is 4.39 Å². The van der Waals surface area contributed by atoms with Crippen LogP contribution in [0.25, 0.3) is 15.2 Å². The van der Waals surface area contributed by atoms with Gasteiger partial charge in [-0.3, -0.25) is 14.2 Å². The topological polar surface area (TPSA) is 112 Å². The van der Waals surface area contributed by atoms with Crippen molar-refractivity contribution in [2.24, 2.45) is 0 Å². The van der Waals surface area contributed by atoms with E-state index in [1.807, 2.05) is 6.92 Å². The molecular formula is C31H42FN5O5S2. The van der Waals surface area contributed by atoms with E-state index in [0.717, 1.165) is 23.8 Å². The van der Waals surface area contributed by atoms with Gasteiger partial charge in [0.15, 0.2) is 0 Å². The molecule has 1 N–H and O–H groups in total. The smallest absolute Gasteiger partial charge is 0.333 e. The van der Waals surface area contributed by atoms with Gasteiger partial charge in [-0.05, 0) is 90.1 Å². The van der Waals surface area contributed by atoms with Gasteiger partial charge in [-0.25, -0.2) is 18.4 Å². The predicted octanol–water partition coefficient (Wildman–Crippen LogP) is 4.36. The van der Waals surface area contributed by atoms with E-state index in [4.69, 9.17) is 9.84 Å². The number of amides is 1. The number of hydrogen-bond acceptors (Lipinski definition) is 7. The number of aliphatic hydroxyl groups excluding tert-OH is 1. The van der Waals surface area contributed by atoms with E-state index in [9.17, 15) is 18.8 Å². The lowest BCUT2D eigenvalue weighted by molar-refractivity contribution is -0.140. The summed E-state index contributed by atoms with van der Waals surface area (Å²) in [5, 5.41) is 13.5. The quantitative estimate of drug-likeness (QED) is 0.319. The summed E-state index contributed by atoms with van der Waals surface area (Å²) < 4.78 is 23.8. The maximum Gasteiger partial charge on any atom is 0.333 e. The van der Waals surface area contributed by atoms with Crippen molar-refractivity contribution in [3.05, 3.63) is 74.4 Å². The highest BCUT2D eigenvalue weighted by atomic mass is 32.1. The summed E-state index contributed by atoms with van der Waals surface area (Å²) in [5.74, 6) is -0.150. The summed E-state index contributed by atoms with van der Waals surface area (Å²) in [6.07, 6.45) is 6.38. The Balaban J connectivity index is 0.000000998. The summed E-state index contributed by atoms with van der Waals surface area (Å²) in [6.45, 7) is 9.90. The molecule has 5 rings (SSSR count). The lowest BCUT2D eigenvalue weighted by Crippen LogP contribution is -2.57.